The molecule has 1 aliphatic heterocycles. The Bertz CT molecular complexity index is 1610. The molecule has 1 N–H and O–H groups in total. The van der Waals surface area contributed by atoms with Gasteiger partial charge in [0, 0.05) is 74.4 Å². The lowest BCUT2D eigenvalue weighted by Crippen LogP contribution is -2.48. The molecule has 1 atom stereocenters. The molecule has 2 aromatic carbocycles. The Morgan fingerprint density at radius 3 is 2.46 bits per heavy atom. The molecule has 0 amide bonds. The quantitative estimate of drug-likeness (QED) is 0.380. The number of carboxylic acids is 1. The number of carbonyl (C=O) groups is 1. The number of hydrogen-bond donors (Lipinski definition) is 1. The van der Waals surface area contributed by atoms with Gasteiger partial charge in [-0.1, -0.05) is 6.07 Å². The molecule has 8 nitrogen and oxygen atoms in total. The van der Waals surface area contributed by atoms with Gasteiger partial charge < -0.3 is 19.1 Å². The monoisotopic (exact) mass is 537 g/mol. The van der Waals surface area contributed by atoms with Crippen LogP contribution in [0.2, 0.25) is 0 Å². The van der Waals surface area contributed by atoms with E-state index >= 15 is 4.39 Å². The predicted molar refractivity (Wildman–Crippen MR) is 139 cm³/mol. The van der Waals surface area contributed by atoms with Gasteiger partial charge in [-0.3, -0.25) is 9.69 Å². The third-order valence-corrected chi connectivity index (χ3v) is 7.63. The molecule has 1 aliphatic carbocycles. The van der Waals surface area contributed by atoms with Crippen molar-refractivity contribution in [2.45, 2.75) is 31.5 Å². The number of pyridine rings is 1. The van der Waals surface area contributed by atoms with Crippen molar-refractivity contribution in [1.29, 1.82) is 0 Å². The Kier molecular flexibility index (Phi) is 6.38. The van der Waals surface area contributed by atoms with Crippen LogP contribution in [-0.2, 0) is 6.54 Å². The highest BCUT2D eigenvalue weighted by Gasteiger charge is 2.31. The number of fused-ring (bicyclic) bond motifs is 1. The Hall–Kier alpha value is -4.12. The van der Waals surface area contributed by atoms with Gasteiger partial charge in [0.2, 0.25) is 5.43 Å². The van der Waals surface area contributed by atoms with Crippen molar-refractivity contribution in [3.63, 3.8) is 0 Å². The number of anilines is 1. The highest BCUT2D eigenvalue weighted by Crippen LogP contribution is 2.38. The number of nitrogens with zero attached hydrogens (tertiary/aromatic N) is 5. The fourth-order valence-electron chi connectivity index (χ4n) is 5.46. The Morgan fingerprint density at radius 2 is 1.82 bits per heavy atom. The van der Waals surface area contributed by atoms with Crippen LogP contribution in [0.3, 0.4) is 0 Å². The van der Waals surface area contributed by atoms with Crippen molar-refractivity contribution in [2.24, 2.45) is 0 Å². The van der Waals surface area contributed by atoms with E-state index in [9.17, 15) is 23.5 Å². The van der Waals surface area contributed by atoms with Gasteiger partial charge in [-0.25, -0.2) is 22.9 Å². The second-order valence-corrected chi connectivity index (χ2v) is 10.1. The summed E-state index contributed by atoms with van der Waals surface area (Å²) in [6, 6.07) is 6.05. The van der Waals surface area contributed by atoms with E-state index in [0.717, 1.165) is 25.0 Å². The van der Waals surface area contributed by atoms with Crippen molar-refractivity contribution in [3.8, 4) is 0 Å². The molecule has 4 aromatic rings. The van der Waals surface area contributed by atoms with Crippen molar-refractivity contribution in [1.82, 2.24) is 19.0 Å². The largest absolute Gasteiger partial charge is 0.477 e. The second-order valence-electron chi connectivity index (χ2n) is 10.1. The fraction of sp³-hybridized carbons (Fsp3) is 0.321. The van der Waals surface area contributed by atoms with Crippen LogP contribution < -0.4 is 10.3 Å². The summed E-state index contributed by atoms with van der Waals surface area (Å²) in [5, 5.41) is 9.53. The molecule has 202 valence electrons. The third kappa shape index (κ3) is 4.78. The summed E-state index contributed by atoms with van der Waals surface area (Å²) >= 11 is 0. The maximum atomic E-state index is 15.4. The highest BCUT2D eigenvalue weighted by molar-refractivity contribution is 5.93. The number of aromatic carboxylic acids is 1. The molecule has 6 rings (SSSR count). The van der Waals surface area contributed by atoms with Crippen LogP contribution in [-0.4, -0.2) is 56.3 Å². The number of aromatic nitrogens is 3. The molecule has 11 heteroatoms. The summed E-state index contributed by atoms with van der Waals surface area (Å²) in [6.07, 6.45) is 8.15. The Balaban J connectivity index is 1.29. The minimum absolute atomic E-state index is 0.0499. The predicted octanol–water partition coefficient (Wildman–Crippen LogP) is 4.21. The number of benzene rings is 2. The van der Waals surface area contributed by atoms with Gasteiger partial charge in [0.15, 0.2) is 0 Å². The maximum Gasteiger partial charge on any atom is 0.341 e. The number of halogens is 3. The van der Waals surface area contributed by atoms with Crippen LogP contribution in [0.4, 0.5) is 18.9 Å². The molecule has 2 fully saturated rings. The topological polar surface area (TPSA) is 83.6 Å². The van der Waals surface area contributed by atoms with E-state index in [2.05, 4.69) is 9.88 Å². The lowest BCUT2D eigenvalue weighted by molar-refractivity contribution is 0.0695. The van der Waals surface area contributed by atoms with Gasteiger partial charge in [-0.2, -0.15) is 0 Å². The first-order valence-corrected chi connectivity index (χ1v) is 12.8. The smallest absolute Gasteiger partial charge is 0.341 e. The van der Waals surface area contributed by atoms with Crippen LogP contribution in [0.5, 0.6) is 0 Å². The van der Waals surface area contributed by atoms with Crippen LogP contribution in [0.1, 0.15) is 40.8 Å². The molecule has 1 unspecified atom stereocenters. The first kappa shape index (κ1) is 25.2. The van der Waals surface area contributed by atoms with Gasteiger partial charge in [0.1, 0.15) is 23.0 Å². The number of piperazine rings is 1. The molecule has 0 radical (unpaired) electrons. The number of hydrogen-bond acceptors (Lipinski definition) is 5. The molecule has 39 heavy (non-hydrogen) atoms. The van der Waals surface area contributed by atoms with E-state index < -0.39 is 34.9 Å². The van der Waals surface area contributed by atoms with Crippen molar-refractivity contribution >= 4 is 22.6 Å². The summed E-state index contributed by atoms with van der Waals surface area (Å²) in [4.78, 5) is 32.5. The van der Waals surface area contributed by atoms with Crippen LogP contribution in [0, 0.1) is 17.5 Å². The summed E-state index contributed by atoms with van der Waals surface area (Å²) in [7, 11) is 0. The van der Waals surface area contributed by atoms with Crippen LogP contribution in [0.25, 0.3) is 10.9 Å². The lowest BCUT2D eigenvalue weighted by atomic mass is 10.0. The van der Waals surface area contributed by atoms with Crippen LogP contribution in [0.15, 0.2) is 60.0 Å². The average molecular weight is 538 g/mol. The van der Waals surface area contributed by atoms with Gasteiger partial charge >= 0.3 is 5.97 Å². The summed E-state index contributed by atoms with van der Waals surface area (Å²) in [6.45, 7) is 2.26. The SMILES string of the molecule is O=C(O)c1cn(C2CC2)c2cc(N3CCN(C(Cn4ccnc4)c4ccc(F)cc4F)CC3)c(F)cc2c1=O. The molecule has 2 aliphatic rings. The molecular formula is C28H26F3N5O3. The van der Waals surface area contributed by atoms with E-state index in [0.29, 0.717) is 49.5 Å². The highest BCUT2D eigenvalue weighted by atomic mass is 19.1. The second kappa shape index (κ2) is 9.88. The van der Waals surface area contributed by atoms with E-state index in [4.69, 9.17) is 0 Å². The minimum atomic E-state index is -1.33. The molecule has 1 saturated heterocycles. The van der Waals surface area contributed by atoms with Crippen molar-refractivity contribution in [3.05, 3.63) is 94.1 Å². The van der Waals surface area contributed by atoms with E-state index in [-0.39, 0.29) is 17.0 Å². The molecule has 3 heterocycles. The minimum Gasteiger partial charge on any atom is -0.477 e. The first-order valence-electron chi connectivity index (χ1n) is 12.8. The summed E-state index contributed by atoms with van der Waals surface area (Å²) < 4.78 is 47.5. The van der Waals surface area contributed by atoms with Crippen molar-refractivity contribution in [2.75, 3.05) is 31.1 Å². The van der Waals surface area contributed by atoms with E-state index in [1.807, 2.05) is 9.47 Å². The first-order chi connectivity index (χ1) is 18.8. The standard InChI is InChI=1S/C28H26F3N5O3/c29-17-1-4-19(22(30)11-17)26(15-33-6-5-32-16-33)35-9-7-34(8-10-35)25-13-24-20(12-23(25)31)27(37)21(28(38)39)14-36(24)18-2-3-18/h1,4-6,11-14,16,18,26H,2-3,7-10,15H2,(H,38,39). The average Bonchev–Trinajstić information content (AvgIpc) is 3.63. The Labute approximate surface area is 221 Å². The molecular weight excluding hydrogens is 511 g/mol. The van der Waals surface area contributed by atoms with Crippen LogP contribution >= 0.6 is 0 Å². The van der Waals surface area contributed by atoms with Gasteiger partial charge in [-0.15, -0.1) is 0 Å². The molecule has 0 bridgehead atoms. The summed E-state index contributed by atoms with van der Waals surface area (Å²) in [5.74, 6) is -3.20. The van der Waals surface area contributed by atoms with Gasteiger partial charge in [0.25, 0.3) is 0 Å². The van der Waals surface area contributed by atoms with Gasteiger partial charge in [-0.05, 0) is 31.0 Å². The fourth-order valence-corrected chi connectivity index (χ4v) is 5.46. The number of carboxylic acid groups (broad SMARTS) is 1. The lowest BCUT2D eigenvalue weighted by Gasteiger charge is -2.40. The molecule has 1 saturated carbocycles. The molecule has 0 spiro atoms. The normalized spacial score (nSPS) is 17.1. The van der Waals surface area contributed by atoms with E-state index in [1.165, 1.54) is 18.3 Å². The number of imidazole rings is 1. The van der Waals surface area contributed by atoms with Gasteiger partial charge in [0.05, 0.1) is 23.6 Å². The summed E-state index contributed by atoms with van der Waals surface area (Å²) in [5.41, 5.74) is 0.148. The maximum absolute atomic E-state index is 15.4. The number of rotatable bonds is 7. The third-order valence-electron chi connectivity index (χ3n) is 7.63. The van der Waals surface area contributed by atoms with E-state index in [1.54, 1.807) is 29.4 Å². The zero-order valence-corrected chi connectivity index (χ0v) is 20.9. The zero-order chi connectivity index (χ0) is 27.3. The molecule has 2 aromatic heterocycles. The van der Waals surface area contributed by atoms with Crippen molar-refractivity contribution < 1.29 is 23.1 Å². The Morgan fingerprint density at radius 1 is 1.05 bits per heavy atom. The zero-order valence-electron chi connectivity index (χ0n) is 20.9.